The van der Waals surface area contributed by atoms with Crippen molar-refractivity contribution in [2.75, 3.05) is 13.2 Å². The summed E-state index contributed by atoms with van der Waals surface area (Å²) in [4.78, 5) is 0. The second kappa shape index (κ2) is 7.07. The first-order valence-corrected chi connectivity index (χ1v) is 5.92. The molecule has 2 heteroatoms. The van der Waals surface area contributed by atoms with Crippen LogP contribution in [0.4, 0.5) is 0 Å². The lowest BCUT2D eigenvalue weighted by Gasteiger charge is -2.06. The summed E-state index contributed by atoms with van der Waals surface area (Å²) in [5.41, 5.74) is 8.07. The van der Waals surface area contributed by atoms with Gasteiger partial charge in [0.2, 0.25) is 0 Å². The first kappa shape index (κ1) is 12.8. The highest BCUT2D eigenvalue weighted by molar-refractivity contribution is 5.55. The Hall–Kier alpha value is -1.28. The van der Waals surface area contributed by atoms with Crippen molar-refractivity contribution in [2.24, 2.45) is 5.73 Å². The van der Waals surface area contributed by atoms with Gasteiger partial charge in [0, 0.05) is 6.54 Å². The fraction of sp³-hybridized carbons (Fsp3) is 0.429. The molecule has 2 nitrogen and oxygen atoms in total. The van der Waals surface area contributed by atoms with E-state index >= 15 is 0 Å². The van der Waals surface area contributed by atoms with Gasteiger partial charge in [-0.3, -0.25) is 0 Å². The summed E-state index contributed by atoms with van der Waals surface area (Å²) < 4.78 is 5.58. The van der Waals surface area contributed by atoms with Gasteiger partial charge in [-0.25, -0.2) is 0 Å². The predicted molar refractivity (Wildman–Crippen MR) is 69.6 cm³/mol. The van der Waals surface area contributed by atoms with Crippen LogP contribution in [0.2, 0.25) is 0 Å². The molecule has 2 N–H and O–H groups in total. The molecule has 0 radical (unpaired) electrons. The van der Waals surface area contributed by atoms with E-state index in [0.29, 0.717) is 6.54 Å². The molecule has 16 heavy (non-hydrogen) atoms. The van der Waals surface area contributed by atoms with E-state index in [0.717, 1.165) is 30.8 Å². The molecule has 0 aromatic heterocycles. The number of nitrogens with two attached hydrogens (primary N) is 1. The molecule has 0 aliphatic carbocycles. The van der Waals surface area contributed by atoms with Gasteiger partial charge in [0.25, 0.3) is 0 Å². The largest absolute Gasteiger partial charge is 0.494 e. The molecule has 0 heterocycles. The van der Waals surface area contributed by atoms with E-state index in [-0.39, 0.29) is 0 Å². The van der Waals surface area contributed by atoms with Crippen LogP contribution >= 0.6 is 0 Å². The second-order valence-corrected chi connectivity index (χ2v) is 3.78. The monoisotopic (exact) mass is 219 g/mol. The van der Waals surface area contributed by atoms with Gasteiger partial charge in [0.05, 0.1) is 6.61 Å². The van der Waals surface area contributed by atoms with Gasteiger partial charge in [-0.05, 0) is 30.5 Å². The van der Waals surface area contributed by atoms with Crippen LogP contribution in [0.5, 0.6) is 5.75 Å². The number of hydrogen-bond acceptors (Lipinski definition) is 2. The normalized spacial score (nSPS) is 11.6. The Kier molecular flexibility index (Phi) is 5.65. The van der Waals surface area contributed by atoms with Crippen molar-refractivity contribution < 1.29 is 4.74 Å². The van der Waals surface area contributed by atoms with Crippen LogP contribution in [0.1, 0.15) is 32.3 Å². The van der Waals surface area contributed by atoms with Crippen LogP contribution in [0.15, 0.2) is 29.8 Å². The lowest BCUT2D eigenvalue weighted by Crippen LogP contribution is -2.01. The highest BCUT2D eigenvalue weighted by Gasteiger charge is 1.96. The van der Waals surface area contributed by atoms with E-state index in [9.17, 15) is 0 Å². The number of benzene rings is 1. The Morgan fingerprint density at radius 3 is 2.81 bits per heavy atom. The van der Waals surface area contributed by atoms with E-state index in [2.05, 4.69) is 32.1 Å². The van der Waals surface area contributed by atoms with Gasteiger partial charge in [0.15, 0.2) is 0 Å². The Morgan fingerprint density at radius 2 is 2.19 bits per heavy atom. The number of ether oxygens (including phenoxy) is 1. The van der Waals surface area contributed by atoms with E-state index < -0.39 is 0 Å². The highest BCUT2D eigenvalue weighted by Crippen LogP contribution is 2.16. The maximum atomic E-state index is 5.65. The minimum absolute atomic E-state index is 0.622. The summed E-state index contributed by atoms with van der Waals surface area (Å²) in [5, 5.41) is 0. The molecular weight excluding hydrogens is 198 g/mol. The smallest absolute Gasteiger partial charge is 0.119 e. The quantitative estimate of drug-likeness (QED) is 0.797. The molecule has 0 saturated carbocycles. The number of hydrogen-bond donors (Lipinski definition) is 1. The molecule has 1 aromatic carbocycles. The minimum Gasteiger partial charge on any atom is -0.494 e. The maximum Gasteiger partial charge on any atom is 0.119 e. The van der Waals surface area contributed by atoms with Crippen molar-refractivity contribution in [1.29, 1.82) is 0 Å². The summed E-state index contributed by atoms with van der Waals surface area (Å²) in [6.45, 7) is 5.62. The summed E-state index contributed by atoms with van der Waals surface area (Å²) in [5.74, 6) is 0.933. The first-order valence-electron chi connectivity index (χ1n) is 5.92. The van der Waals surface area contributed by atoms with Crippen LogP contribution in [-0.2, 0) is 0 Å². The molecule has 1 rings (SSSR count). The Balaban J connectivity index is 2.77. The van der Waals surface area contributed by atoms with E-state index in [1.165, 1.54) is 5.57 Å². The van der Waals surface area contributed by atoms with Gasteiger partial charge in [0.1, 0.15) is 5.75 Å². The Labute approximate surface area is 98.1 Å². The molecule has 0 unspecified atom stereocenters. The maximum absolute atomic E-state index is 5.65. The molecule has 0 aliphatic heterocycles. The molecule has 0 fully saturated rings. The fourth-order valence-electron chi connectivity index (χ4n) is 1.46. The van der Waals surface area contributed by atoms with Crippen LogP contribution in [-0.4, -0.2) is 13.2 Å². The average Bonchev–Trinajstić information content (AvgIpc) is 2.34. The summed E-state index contributed by atoms with van der Waals surface area (Å²) >= 11 is 0. The van der Waals surface area contributed by atoms with Gasteiger partial charge < -0.3 is 10.5 Å². The van der Waals surface area contributed by atoms with Crippen LogP contribution < -0.4 is 10.5 Å². The minimum atomic E-state index is 0.622. The molecule has 0 bridgehead atoms. The van der Waals surface area contributed by atoms with Crippen LogP contribution in [0.25, 0.3) is 6.08 Å². The van der Waals surface area contributed by atoms with Crippen molar-refractivity contribution >= 4 is 6.08 Å². The lowest BCUT2D eigenvalue weighted by molar-refractivity contribution is 0.317. The Morgan fingerprint density at radius 1 is 1.38 bits per heavy atom. The molecule has 0 atom stereocenters. The van der Waals surface area contributed by atoms with Crippen LogP contribution in [0, 0.1) is 0 Å². The average molecular weight is 219 g/mol. The third-order valence-corrected chi connectivity index (χ3v) is 2.42. The van der Waals surface area contributed by atoms with Crippen molar-refractivity contribution in [1.82, 2.24) is 0 Å². The Bertz CT molecular complexity index is 338. The van der Waals surface area contributed by atoms with E-state index in [1.807, 2.05) is 12.1 Å². The zero-order chi connectivity index (χ0) is 11.8. The van der Waals surface area contributed by atoms with Crippen molar-refractivity contribution in [3.05, 3.63) is 35.4 Å². The van der Waals surface area contributed by atoms with Gasteiger partial charge >= 0.3 is 0 Å². The molecule has 0 spiro atoms. The standard InChI is InChI=1S/C14H21NO/c1-3-8-16-14-7-5-6-13(10-14)9-12(4-2)11-15/h5-7,9-10H,3-4,8,11,15H2,1-2H3. The van der Waals surface area contributed by atoms with E-state index in [4.69, 9.17) is 10.5 Å². The second-order valence-electron chi connectivity index (χ2n) is 3.78. The highest BCUT2D eigenvalue weighted by atomic mass is 16.5. The molecule has 88 valence electrons. The summed E-state index contributed by atoms with van der Waals surface area (Å²) in [7, 11) is 0. The zero-order valence-electron chi connectivity index (χ0n) is 10.2. The van der Waals surface area contributed by atoms with Crippen molar-refractivity contribution in [3.8, 4) is 5.75 Å². The van der Waals surface area contributed by atoms with Crippen molar-refractivity contribution in [3.63, 3.8) is 0 Å². The third-order valence-electron chi connectivity index (χ3n) is 2.42. The van der Waals surface area contributed by atoms with Crippen LogP contribution in [0.3, 0.4) is 0 Å². The molecule has 0 saturated heterocycles. The van der Waals surface area contributed by atoms with Gasteiger partial charge in [-0.15, -0.1) is 0 Å². The molecule has 0 amide bonds. The SMILES string of the molecule is CCCOc1cccc(C=C(CC)CN)c1. The molecular formula is C14H21NO. The fourth-order valence-corrected chi connectivity index (χ4v) is 1.46. The third kappa shape index (κ3) is 4.07. The molecule has 1 aromatic rings. The predicted octanol–water partition coefficient (Wildman–Crippen LogP) is 3.23. The summed E-state index contributed by atoms with van der Waals surface area (Å²) in [6.07, 6.45) is 4.17. The number of rotatable bonds is 6. The van der Waals surface area contributed by atoms with Gasteiger partial charge in [-0.2, -0.15) is 0 Å². The summed E-state index contributed by atoms with van der Waals surface area (Å²) in [6, 6.07) is 8.13. The first-order chi connectivity index (χ1) is 7.80. The van der Waals surface area contributed by atoms with Crippen molar-refractivity contribution in [2.45, 2.75) is 26.7 Å². The van der Waals surface area contributed by atoms with E-state index in [1.54, 1.807) is 0 Å². The lowest BCUT2D eigenvalue weighted by atomic mass is 10.1. The topological polar surface area (TPSA) is 35.2 Å². The molecule has 0 aliphatic rings. The zero-order valence-corrected chi connectivity index (χ0v) is 10.2. The van der Waals surface area contributed by atoms with Gasteiger partial charge in [-0.1, -0.05) is 37.6 Å².